The van der Waals surface area contributed by atoms with Crippen LogP contribution < -0.4 is 15.0 Å². The van der Waals surface area contributed by atoms with Gasteiger partial charge in [0.2, 0.25) is 0 Å². The fourth-order valence-corrected chi connectivity index (χ4v) is 3.54. The molecule has 1 heterocycles. The van der Waals surface area contributed by atoms with E-state index in [9.17, 15) is 9.90 Å². The number of rotatable bonds is 8. The summed E-state index contributed by atoms with van der Waals surface area (Å²) in [5.41, 5.74) is 1.62. The van der Waals surface area contributed by atoms with Crippen LogP contribution in [0.25, 0.3) is 0 Å². The van der Waals surface area contributed by atoms with E-state index in [1.54, 1.807) is 31.4 Å². The minimum atomic E-state index is -0.828. The summed E-state index contributed by atoms with van der Waals surface area (Å²) in [5, 5.41) is 13.4. The molecule has 2 atom stereocenters. The predicted molar refractivity (Wildman–Crippen MR) is 112 cm³/mol. The standard InChI is InChI=1S/C22H29N3O4/c1-28-20-11-7-6-10-18(20)25-14-12-24(13-15-25)16-19(26)22(29-2)23-21(27)17-8-4-3-5-9-17/h3-11,19,22,26H,12-16H2,1-2H3,(H,23,27). The Morgan fingerprint density at radius 2 is 1.69 bits per heavy atom. The third-order valence-corrected chi connectivity index (χ3v) is 5.16. The van der Waals surface area contributed by atoms with Crippen LogP contribution in [0.5, 0.6) is 5.75 Å². The van der Waals surface area contributed by atoms with E-state index in [1.165, 1.54) is 7.11 Å². The summed E-state index contributed by atoms with van der Waals surface area (Å²) in [6, 6.07) is 16.9. The maximum Gasteiger partial charge on any atom is 0.253 e. The van der Waals surface area contributed by atoms with Crippen LogP contribution in [-0.4, -0.2) is 75.2 Å². The van der Waals surface area contributed by atoms with Gasteiger partial charge in [-0.05, 0) is 24.3 Å². The number of nitrogens with one attached hydrogen (secondary N) is 1. The average Bonchev–Trinajstić information content (AvgIpc) is 2.78. The Bertz CT molecular complexity index is 779. The van der Waals surface area contributed by atoms with Gasteiger partial charge in [-0.25, -0.2) is 0 Å². The van der Waals surface area contributed by atoms with Crippen molar-refractivity contribution in [1.82, 2.24) is 10.2 Å². The van der Waals surface area contributed by atoms with Crippen molar-refractivity contribution in [1.29, 1.82) is 0 Å². The Labute approximate surface area is 171 Å². The van der Waals surface area contributed by atoms with E-state index in [-0.39, 0.29) is 5.91 Å². The first kappa shape index (κ1) is 21.1. The molecule has 156 valence electrons. The number of amides is 1. The van der Waals surface area contributed by atoms with Gasteiger partial charge in [-0.3, -0.25) is 9.69 Å². The highest BCUT2D eigenvalue weighted by Gasteiger charge is 2.26. The molecule has 1 fully saturated rings. The van der Waals surface area contributed by atoms with E-state index in [1.807, 2.05) is 24.3 Å². The third kappa shape index (κ3) is 5.47. The molecule has 0 radical (unpaired) electrons. The number of benzene rings is 2. The summed E-state index contributed by atoms with van der Waals surface area (Å²) in [6.07, 6.45) is -1.60. The van der Waals surface area contributed by atoms with Crippen LogP contribution in [0.15, 0.2) is 54.6 Å². The van der Waals surface area contributed by atoms with Gasteiger partial charge in [-0.1, -0.05) is 30.3 Å². The van der Waals surface area contributed by atoms with Gasteiger partial charge in [-0.2, -0.15) is 0 Å². The molecule has 29 heavy (non-hydrogen) atoms. The Kier molecular flexibility index (Phi) is 7.46. The van der Waals surface area contributed by atoms with Crippen molar-refractivity contribution >= 4 is 11.6 Å². The van der Waals surface area contributed by atoms with E-state index in [2.05, 4.69) is 21.2 Å². The van der Waals surface area contributed by atoms with Crippen molar-refractivity contribution in [2.24, 2.45) is 0 Å². The Balaban J connectivity index is 1.51. The fourth-order valence-electron chi connectivity index (χ4n) is 3.54. The highest BCUT2D eigenvalue weighted by molar-refractivity contribution is 5.94. The van der Waals surface area contributed by atoms with Crippen LogP contribution in [0.1, 0.15) is 10.4 Å². The lowest BCUT2D eigenvalue weighted by Crippen LogP contribution is -2.53. The molecule has 1 saturated heterocycles. The Morgan fingerprint density at radius 3 is 2.34 bits per heavy atom. The number of methoxy groups -OCH3 is 2. The molecular weight excluding hydrogens is 370 g/mol. The third-order valence-electron chi connectivity index (χ3n) is 5.16. The summed E-state index contributed by atoms with van der Waals surface area (Å²) in [7, 11) is 3.17. The fraction of sp³-hybridized carbons (Fsp3) is 0.409. The first-order chi connectivity index (χ1) is 14.1. The van der Waals surface area contributed by atoms with Crippen LogP contribution in [0.3, 0.4) is 0 Å². The molecule has 0 bridgehead atoms. The summed E-state index contributed by atoms with van der Waals surface area (Å²) < 4.78 is 10.8. The van der Waals surface area contributed by atoms with Crippen molar-refractivity contribution in [3.63, 3.8) is 0 Å². The Morgan fingerprint density at radius 1 is 1.03 bits per heavy atom. The van der Waals surface area contributed by atoms with E-state index >= 15 is 0 Å². The maximum atomic E-state index is 12.3. The van der Waals surface area contributed by atoms with Crippen molar-refractivity contribution in [3.05, 3.63) is 60.2 Å². The van der Waals surface area contributed by atoms with Gasteiger partial charge in [0.1, 0.15) is 11.9 Å². The van der Waals surface area contributed by atoms with E-state index in [0.717, 1.165) is 37.6 Å². The van der Waals surface area contributed by atoms with Gasteiger partial charge < -0.3 is 24.8 Å². The minimum absolute atomic E-state index is 0.266. The largest absolute Gasteiger partial charge is 0.495 e. The number of aliphatic hydroxyl groups is 1. The number of anilines is 1. The highest BCUT2D eigenvalue weighted by Crippen LogP contribution is 2.28. The van der Waals surface area contributed by atoms with E-state index in [0.29, 0.717) is 12.1 Å². The summed E-state index contributed by atoms with van der Waals surface area (Å²) >= 11 is 0. The predicted octanol–water partition coefficient (Wildman–Crippen LogP) is 1.58. The van der Waals surface area contributed by atoms with Crippen LogP contribution >= 0.6 is 0 Å². The minimum Gasteiger partial charge on any atom is -0.495 e. The molecule has 2 aromatic carbocycles. The number of para-hydroxylation sites is 2. The second kappa shape index (κ2) is 10.2. The topological polar surface area (TPSA) is 74.3 Å². The molecule has 3 rings (SSSR count). The second-order valence-corrected chi connectivity index (χ2v) is 7.02. The molecule has 0 saturated carbocycles. The summed E-state index contributed by atoms with van der Waals surface area (Å²) in [6.45, 7) is 3.70. The SMILES string of the molecule is COc1ccccc1N1CCN(CC(O)C(NC(=O)c2ccccc2)OC)CC1. The first-order valence-electron chi connectivity index (χ1n) is 9.79. The number of β-amino-alcohol motifs (C(OH)–C–C–N with tert-alkyl or cyclic N) is 1. The van der Waals surface area contributed by atoms with Crippen LogP contribution in [0.4, 0.5) is 5.69 Å². The molecule has 0 aromatic heterocycles. The first-order valence-corrected chi connectivity index (χ1v) is 9.79. The van der Waals surface area contributed by atoms with E-state index < -0.39 is 12.3 Å². The maximum absolute atomic E-state index is 12.3. The number of nitrogens with zero attached hydrogens (tertiary/aromatic N) is 2. The zero-order valence-electron chi connectivity index (χ0n) is 17.0. The quantitative estimate of drug-likeness (QED) is 0.657. The lowest BCUT2D eigenvalue weighted by molar-refractivity contribution is -0.0417. The van der Waals surface area contributed by atoms with Crippen molar-refractivity contribution in [2.75, 3.05) is 51.8 Å². The molecule has 7 heteroatoms. The molecule has 2 N–H and O–H groups in total. The lowest BCUT2D eigenvalue weighted by atomic mass is 10.2. The smallest absolute Gasteiger partial charge is 0.253 e. The molecule has 2 unspecified atom stereocenters. The number of ether oxygens (including phenoxy) is 2. The molecule has 1 aliphatic rings. The molecule has 0 spiro atoms. The van der Waals surface area contributed by atoms with Gasteiger partial charge in [0.15, 0.2) is 6.23 Å². The molecular formula is C22H29N3O4. The lowest BCUT2D eigenvalue weighted by Gasteiger charge is -2.38. The molecule has 1 amide bonds. The van der Waals surface area contributed by atoms with Gasteiger partial charge in [0.25, 0.3) is 5.91 Å². The zero-order valence-corrected chi connectivity index (χ0v) is 17.0. The van der Waals surface area contributed by atoms with Gasteiger partial charge in [-0.15, -0.1) is 0 Å². The van der Waals surface area contributed by atoms with Crippen LogP contribution in [0.2, 0.25) is 0 Å². The van der Waals surface area contributed by atoms with Gasteiger partial charge in [0.05, 0.1) is 12.8 Å². The number of hydrogen-bond donors (Lipinski definition) is 2. The summed E-state index contributed by atoms with van der Waals surface area (Å²) in [4.78, 5) is 16.8. The molecule has 1 aliphatic heterocycles. The second-order valence-electron chi connectivity index (χ2n) is 7.02. The molecule has 2 aromatic rings. The zero-order chi connectivity index (χ0) is 20.6. The van der Waals surface area contributed by atoms with Crippen LogP contribution in [-0.2, 0) is 4.74 Å². The van der Waals surface area contributed by atoms with Crippen molar-refractivity contribution in [2.45, 2.75) is 12.3 Å². The number of carbonyl (C=O) groups is 1. The van der Waals surface area contributed by atoms with Gasteiger partial charge in [0, 0.05) is 45.4 Å². The van der Waals surface area contributed by atoms with Gasteiger partial charge >= 0.3 is 0 Å². The average molecular weight is 399 g/mol. The monoisotopic (exact) mass is 399 g/mol. The highest BCUT2D eigenvalue weighted by atomic mass is 16.5. The normalized spacial score (nSPS) is 16.9. The number of piperazine rings is 1. The van der Waals surface area contributed by atoms with E-state index in [4.69, 9.17) is 9.47 Å². The van der Waals surface area contributed by atoms with Crippen LogP contribution in [0, 0.1) is 0 Å². The number of hydrogen-bond acceptors (Lipinski definition) is 6. The van der Waals surface area contributed by atoms with Crippen molar-refractivity contribution < 1.29 is 19.4 Å². The number of carbonyl (C=O) groups excluding carboxylic acids is 1. The number of aliphatic hydroxyl groups excluding tert-OH is 1. The Hall–Kier alpha value is -2.61. The summed E-state index contributed by atoms with van der Waals surface area (Å²) in [5.74, 6) is 0.599. The molecule has 0 aliphatic carbocycles. The van der Waals surface area contributed by atoms with Crippen molar-refractivity contribution in [3.8, 4) is 5.75 Å². The molecule has 7 nitrogen and oxygen atoms in total.